The van der Waals surface area contributed by atoms with Crippen LogP contribution in [0.25, 0.3) is 20.9 Å². The maximum absolute atomic E-state index is 11.8. The van der Waals surface area contributed by atoms with Gasteiger partial charge < -0.3 is 4.74 Å². The first-order chi connectivity index (χ1) is 10.7. The zero-order valence-electron chi connectivity index (χ0n) is 11.7. The third-order valence-electron chi connectivity index (χ3n) is 3.18. The van der Waals surface area contributed by atoms with Crippen LogP contribution in [-0.4, -0.2) is 13.1 Å². The molecule has 0 fully saturated rings. The molecule has 2 aromatic carbocycles. The molecule has 3 aromatic rings. The summed E-state index contributed by atoms with van der Waals surface area (Å²) in [5, 5.41) is 0. The van der Waals surface area contributed by atoms with Crippen LogP contribution in [-0.2, 0) is 4.74 Å². The maximum Gasteiger partial charge on any atom is 0.337 e. The number of benzene rings is 2. The van der Waals surface area contributed by atoms with Crippen LogP contribution < -0.4 is 4.06 Å². The molecule has 0 aliphatic rings. The molecule has 0 amide bonds. The lowest BCUT2D eigenvalue weighted by atomic mass is 10.1. The fourth-order valence-corrected chi connectivity index (χ4v) is 4.30. The Morgan fingerprint density at radius 2 is 1.41 bits per heavy atom. The Balaban J connectivity index is 2.06. The van der Waals surface area contributed by atoms with Gasteiger partial charge in [-0.25, -0.2) is 4.79 Å². The molecular weight excluding hydrogens is 316 g/mol. The first-order valence-electron chi connectivity index (χ1n) is 6.57. The molecule has 0 saturated carbocycles. The molecular formula is C17H12O3S2. The number of carbonyl (C=O) groups excluding carboxylic acids is 1. The molecule has 0 N–H and O–H groups in total. The van der Waals surface area contributed by atoms with E-state index in [4.69, 9.17) is 4.74 Å². The lowest BCUT2D eigenvalue weighted by molar-refractivity contribution is 0.0601. The van der Waals surface area contributed by atoms with Crippen LogP contribution >= 0.6 is 22.7 Å². The normalized spacial score (nSPS) is 10.4. The van der Waals surface area contributed by atoms with Crippen molar-refractivity contribution in [2.24, 2.45) is 0 Å². The summed E-state index contributed by atoms with van der Waals surface area (Å²) in [6, 6.07) is 16.9. The highest BCUT2D eigenvalue weighted by Crippen LogP contribution is 2.37. The average Bonchev–Trinajstić information content (AvgIpc) is 2.97. The molecule has 3 nitrogen and oxygen atoms in total. The summed E-state index contributed by atoms with van der Waals surface area (Å²) in [6.45, 7) is 0. The Kier molecular flexibility index (Phi) is 4.18. The van der Waals surface area contributed by atoms with Crippen molar-refractivity contribution in [2.75, 3.05) is 7.11 Å². The van der Waals surface area contributed by atoms with Crippen molar-refractivity contribution in [1.82, 2.24) is 0 Å². The van der Waals surface area contributed by atoms with Crippen LogP contribution in [0.2, 0.25) is 0 Å². The van der Waals surface area contributed by atoms with E-state index in [0.29, 0.717) is 5.56 Å². The van der Waals surface area contributed by atoms with Crippen LogP contribution in [0.1, 0.15) is 10.4 Å². The van der Waals surface area contributed by atoms with Crippen molar-refractivity contribution in [2.45, 2.75) is 0 Å². The molecule has 1 heterocycles. The molecule has 5 heteroatoms. The summed E-state index contributed by atoms with van der Waals surface area (Å²) in [6.07, 6.45) is 0. The third-order valence-corrected chi connectivity index (χ3v) is 5.43. The van der Waals surface area contributed by atoms with E-state index < -0.39 is 0 Å². The molecule has 0 aliphatic heterocycles. The number of hydrogen-bond donors (Lipinski definition) is 0. The van der Waals surface area contributed by atoms with Gasteiger partial charge in [0.05, 0.1) is 22.4 Å². The van der Waals surface area contributed by atoms with Crippen LogP contribution in [0.3, 0.4) is 0 Å². The van der Waals surface area contributed by atoms with Gasteiger partial charge in [0.1, 0.15) is 0 Å². The second-order valence-electron chi connectivity index (χ2n) is 4.55. The standard InChI is InChI=1S/C17H12O3S2/c1-20-16(18)13-9-7-12(8-10-13)15-14(21-17(19)22-15)11-5-3-2-4-6-11/h2-10H,1H3. The molecule has 22 heavy (non-hydrogen) atoms. The smallest absolute Gasteiger partial charge is 0.337 e. The van der Waals surface area contributed by atoms with Gasteiger partial charge in [-0.05, 0) is 23.3 Å². The average molecular weight is 328 g/mol. The summed E-state index contributed by atoms with van der Waals surface area (Å²) in [7, 11) is 1.36. The first kappa shape index (κ1) is 14.7. The first-order valence-corrected chi connectivity index (χ1v) is 8.20. The van der Waals surface area contributed by atoms with E-state index in [1.54, 1.807) is 12.1 Å². The molecule has 3 rings (SSSR count). The Morgan fingerprint density at radius 3 is 1.95 bits per heavy atom. The minimum Gasteiger partial charge on any atom is -0.465 e. The fraction of sp³-hybridized carbons (Fsp3) is 0.0588. The van der Waals surface area contributed by atoms with Crippen molar-refractivity contribution >= 4 is 28.6 Å². The van der Waals surface area contributed by atoms with Crippen molar-refractivity contribution in [1.29, 1.82) is 0 Å². The van der Waals surface area contributed by atoms with Gasteiger partial charge in [0.25, 0.3) is 4.06 Å². The molecule has 1 aromatic heterocycles. The molecule has 0 radical (unpaired) electrons. The van der Waals surface area contributed by atoms with E-state index >= 15 is 0 Å². The topological polar surface area (TPSA) is 43.4 Å². The van der Waals surface area contributed by atoms with Crippen molar-refractivity contribution in [3.05, 3.63) is 69.0 Å². The quantitative estimate of drug-likeness (QED) is 0.674. The predicted octanol–water partition coefficient (Wildman–Crippen LogP) is 4.29. The van der Waals surface area contributed by atoms with E-state index in [1.165, 1.54) is 29.8 Å². The number of ether oxygens (including phenoxy) is 1. The second kappa shape index (κ2) is 6.25. The van der Waals surface area contributed by atoms with E-state index in [1.807, 2.05) is 42.5 Å². The third kappa shape index (κ3) is 2.86. The van der Waals surface area contributed by atoms with Crippen molar-refractivity contribution < 1.29 is 9.53 Å². The van der Waals surface area contributed by atoms with Gasteiger partial charge in [-0.3, -0.25) is 4.79 Å². The fourth-order valence-electron chi connectivity index (χ4n) is 2.13. The largest absolute Gasteiger partial charge is 0.465 e. The van der Waals surface area contributed by atoms with Crippen molar-refractivity contribution in [3.8, 4) is 20.9 Å². The van der Waals surface area contributed by atoms with E-state index in [0.717, 1.165) is 20.9 Å². The van der Waals surface area contributed by atoms with Crippen LogP contribution in [0, 0.1) is 0 Å². The monoisotopic (exact) mass is 328 g/mol. The summed E-state index contributed by atoms with van der Waals surface area (Å²) >= 11 is 2.48. The zero-order chi connectivity index (χ0) is 15.5. The SMILES string of the molecule is COC(=O)c1ccc(-c2sc(=O)sc2-c2ccccc2)cc1. The number of esters is 1. The Morgan fingerprint density at radius 1 is 0.864 bits per heavy atom. The van der Waals surface area contributed by atoms with E-state index in [-0.39, 0.29) is 10.0 Å². The molecule has 0 bridgehead atoms. The summed E-state index contributed by atoms with van der Waals surface area (Å²) in [5.74, 6) is -0.367. The van der Waals surface area contributed by atoms with Gasteiger partial charge >= 0.3 is 5.97 Å². The number of methoxy groups -OCH3 is 1. The summed E-state index contributed by atoms with van der Waals surface area (Å²) in [5.41, 5.74) is 2.45. The number of hydrogen-bond acceptors (Lipinski definition) is 5. The van der Waals surface area contributed by atoms with Gasteiger partial charge in [-0.2, -0.15) is 0 Å². The minimum atomic E-state index is -0.367. The maximum atomic E-state index is 11.8. The molecule has 110 valence electrons. The summed E-state index contributed by atoms with van der Waals surface area (Å²) < 4.78 is 4.76. The highest BCUT2D eigenvalue weighted by Gasteiger charge is 2.14. The zero-order valence-corrected chi connectivity index (χ0v) is 13.4. The highest BCUT2D eigenvalue weighted by atomic mass is 32.2. The minimum absolute atomic E-state index is 0.0610. The second-order valence-corrected chi connectivity index (χ2v) is 6.77. The van der Waals surface area contributed by atoms with Crippen molar-refractivity contribution in [3.63, 3.8) is 0 Å². The van der Waals surface area contributed by atoms with Crippen LogP contribution in [0.5, 0.6) is 0 Å². The number of carbonyl (C=O) groups is 1. The van der Waals surface area contributed by atoms with E-state index in [2.05, 4.69) is 0 Å². The lowest BCUT2D eigenvalue weighted by Gasteiger charge is -2.04. The van der Waals surface area contributed by atoms with Gasteiger partial charge in [0, 0.05) is 0 Å². The van der Waals surface area contributed by atoms with Gasteiger partial charge in [-0.15, -0.1) is 0 Å². The lowest BCUT2D eigenvalue weighted by Crippen LogP contribution is -2.00. The van der Waals surface area contributed by atoms with Crippen LogP contribution in [0.4, 0.5) is 0 Å². The predicted molar refractivity (Wildman–Crippen MR) is 90.7 cm³/mol. The Labute approximate surface area is 135 Å². The number of rotatable bonds is 3. The highest BCUT2D eigenvalue weighted by molar-refractivity contribution is 7.32. The van der Waals surface area contributed by atoms with Gasteiger partial charge in [0.15, 0.2) is 0 Å². The Bertz CT molecular complexity index is 846. The molecule has 0 aliphatic carbocycles. The molecule has 0 saturated heterocycles. The Hall–Kier alpha value is -2.24. The molecule has 0 unspecified atom stereocenters. The van der Waals surface area contributed by atoms with Gasteiger partial charge in [-0.1, -0.05) is 65.1 Å². The summed E-state index contributed by atoms with van der Waals surface area (Å²) in [4.78, 5) is 25.2. The molecule has 0 spiro atoms. The molecule has 0 atom stereocenters. The van der Waals surface area contributed by atoms with E-state index in [9.17, 15) is 9.59 Å². The van der Waals surface area contributed by atoms with Crippen LogP contribution in [0.15, 0.2) is 59.4 Å². The van der Waals surface area contributed by atoms with Gasteiger partial charge in [0.2, 0.25) is 0 Å².